The lowest BCUT2D eigenvalue weighted by Crippen LogP contribution is -2.48. The van der Waals surface area contributed by atoms with E-state index in [2.05, 4.69) is 37.7 Å². The number of rotatable bonds is 28. The van der Waals surface area contributed by atoms with Gasteiger partial charge in [0.05, 0.1) is 6.61 Å². The normalized spacial score (nSPS) is 19.0. The standard InChI is InChI=1S/C40H71F3N2O4/c1-5-7-9-11-13-15-17-19-21-23-29-44(3)32-38(45(4)30-24-22-20-18-16-14-12-10-8-6-2)48-35-26-25-34-27-28-39(47,40(41,42)43)49-37(33-46)36(34)31-35/h25-26,31,37-38,46-47H,5-24,27-30,32-33H2,1-4H3. The van der Waals surface area contributed by atoms with E-state index in [0.717, 1.165) is 25.9 Å². The Kier molecular flexibility index (Phi) is 22.1. The van der Waals surface area contributed by atoms with Gasteiger partial charge in [-0.05, 0) is 63.2 Å². The molecule has 1 heterocycles. The molecule has 1 aromatic carbocycles. The number of fused-ring (bicyclic) bond motifs is 1. The van der Waals surface area contributed by atoms with Gasteiger partial charge < -0.3 is 24.6 Å². The van der Waals surface area contributed by atoms with E-state index in [-0.39, 0.29) is 12.6 Å². The predicted octanol–water partition coefficient (Wildman–Crippen LogP) is 10.3. The molecule has 2 N–H and O–H groups in total. The Morgan fingerprint density at radius 2 is 1.29 bits per heavy atom. The Hall–Kier alpha value is -1.39. The number of likely N-dealkylation sites (N-methyl/N-ethyl adjacent to an activating group) is 2. The molecule has 1 aromatic rings. The molecule has 9 heteroatoms. The molecule has 0 amide bonds. The number of hydrogen-bond acceptors (Lipinski definition) is 6. The zero-order chi connectivity index (χ0) is 36.0. The van der Waals surface area contributed by atoms with Crippen molar-refractivity contribution < 1.29 is 32.9 Å². The van der Waals surface area contributed by atoms with Crippen LogP contribution in [0.15, 0.2) is 18.2 Å². The first-order valence-corrected chi connectivity index (χ1v) is 19.8. The maximum absolute atomic E-state index is 13.7. The summed E-state index contributed by atoms with van der Waals surface area (Å²) in [5, 5.41) is 20.3. The van der Waals surface area contributed by atoms with Crippen LogP contribution in [-0.4, -0.2) is 78.5 Å². The fourth-order valence-electron chi connectivity index (χ4n) is 6.82. The minimum atomic E-state index is -4.97. The molecule has 1 aliphatic rings. The van der Waals surface area contributed by atoms with Crippen LogP contribution >= 0.6 is 0 Å². The second kappa shape index (κ2) is 24.7. The number of aryl methyl sites for hydroxylation is 1. The lowest BCUT2D eigenvalue weighted by molar-refractivity contribution is -0.380. The van der Waals surface area contributed by atoms with Crippen LogP contribution in [0.5, 0.6) is 5.75 Å². The summed E-state index contributed by atoms with van der Waals surface area (Å²) in [6, 6.07) is 5.21. The second-order valence-corrected chi connectivity index (χ2v) is 14.6. The first-order valence-electron chi connectivity index (χ1n) is 19.8. The van der Waals surface area contributed by atoms with Crippen LogP contribution in [0.1, 0.15) is 166 Å². The molecule has 0 aliphatic carbocycles. The fourth-order valence-corrected chi connectivity index (χ4v) is 6.82. The third-order valence-electron chi connectivity index (χ3n) is 10.1. The number of unbranched alkanes of at least 4 members (excludes halogenated alkanes) is 18. The van der Waals surface area contributed by atoms with Crippen LogP contribution in [0.25, 0.3) is 0 Å². The minimum Gasteiger partial charge on any atom is -0.474 e. The van der Waals surface area contributed by atoms with Crippen LogP contribution in [-0.2, 0) is 11.2 Å². The van der Waals surface area contributed by atoms with Gasteiger partial charge in [-0.1, -0.05) is 135 Å². The van der Waals surface area contributed by atoms with Crippen molar-refractivity contribution in [3.8, 4) is 5.75 Å². The Morgan fingerprint density at radius 3 is 1.78 bits per heavy atom. The van der Waals surface area contributed by atoms with Crippen LogP contribution in [0.3, 0.4) is 0 Å². The smallest absolute Gasteiger partial charge is 0.443 e. The van der Waals surface area contributed by atoms with E-state index in [1.54, 1.807) is 18.2 Å². The highest BCUT2D eigenvalue weighted by Gasteiger charge is 2.57. The molecule has 1 aliphatic heterocycles. The zero-order valence-electron chi connectivity index (χ0n) is 31.5. The highest BCUT2D eigenvalue weighted by atomic mass is 19.4. The molecular formula is C40H71F3N2O4. The number of aliphatic hydroxyl groups excluding tert-OH is 1. The average molecular weight is 701 g/mol. The molecule has 0 aromatic heterocycles. The Bertz CT molecular complexity index is 981. The summed E-state index contributed by atoms with van der Waals surface area (Å²) >= 11 is 0. The van der Waals surface area contributed by atoms with Crippen molar-refractivity contribution in [1.82, 2.24) is 9.80 Å². The van der Waals surface area contributed by atoms with E-state index in [0.29, 0.717) is 23.4 Å². The second-order valence-electron chi connectivity index (χ2n) is 14.6. The molecule has 0 fully saturated rings. The quantitative estimate of drug-likeness (QED) is 0.0670. The maximum Gasteiger partial charge on any atom is 0.443 e. The number of benzene rings is 1. The van der Waals surface area contributed by atoms with Gasteiger partial charge in [0.15, 0.2) is 6.23 Å². The van der Waals surface area contributed by atoms with Crippen molar-refractivity contribution >= 4 is 0 Å². The number of halogens is 3. The van der Waals surface area contributed by atoms with Gasteiger partial charge in [0.25, 0.3) is 5.79 Å². The molecule has 0 saturated carbocycles. The third kappa shape index (κ3) is 17.1. The molecule has 0 bridgehead atoms. The first-order chi connectivity index (χ1) is 23.5. The van der Waals surface area contributed by atoms with Gasteiger partial charge >= 0.3 is 6.18 Å². The van der Waals surface area contributed by atoms with Crippen LogP contribution in [0, 0.1) is 0 Å². The summed E-state index contributed by atoms with van der Waals surface area (Å²) in [6.07, 6.45) is 18.5. The fraction of sp³-hybridized carbons (Fsp3) is 0.850. The summed E-state index contributed by atoms with van der Waals surface area (Å²) in [7, 11) is 4.21. The molecule has 3 atom stereocenters. The topological polar surface area (TPSA) is 65.4 Å². The summed E-state index contributed by atoms with van der Waals surface area (Å²) in [5.74, 6) is -2.79. The molecule has 49 heavy (non-hydrogen) atoms. The Labute approximate surface area is 297 Å². The van der Waals surface area contributed by atoms with Crippen molar-refractivity contribution in [2.24, 2.45) is 0 Å². The van der Waals surface area contributed by atoms with Crippen LogP contribution in [0.2, 0.25) is 0 Å². The van der Waals surface area contributed by atoms with Crippen LogP contribution in [0.4, 0.5) is 13.2 Å². The van der Waals surface area contributed by atoms with Gasteiger partial charge in [0.1, 0.15) is 11.9 Å². The average Bonchev–Trinajstić information content (AvgIpc) is 3.22. The highest BCUT2D eigenvalue weighted by Crippen LogP contribution is 2.43. The van der Waals surface area contributed by atoms with Crippen LogP contribution < -0.4 is 4.74 Å². The highest BCUT2D eigenvalue weighted by molar-refractivity contribution is 5.38. The molecular weight excluding hydrogens is 629 g/mol. The molecule has 3 unspecified atom stereocenters. The number of ether oxygens (including phenoxy) is 2. The number of aliphatic hydroxyl groups is 2. The molecule has 0 spiro atoms. The number of alkyl halides is 3. The van der Waals surface area contributed by atoms with Crippen molar-refractivity contribution in [3.63, 3.8) is 0 Å². The Balaban J connectivity index is 1.97. The van der Waals surface area contributed by atoms with E-state index in [9.17, 15) is 23.4 Å². The van der Waals surface area contributed by atoms with Crippen molar-refractivity contribution in [3.05, 3.63) is 29.3 Å². The maximum atomic E-state index is 13.7. The summed E-state index contributed by atoms with van der Waals surface area (Å²) in [5.41, 5.74) is 1.04. The van der Waals surface area contributed by atoms with Gasteiger partial charge in [-0.2, -0.15) is 13.2 Å². The minimum absolute atomic E-state index is 0.0220. The first kappa shape index (κ1) is 43.8. The van der Waals surface area contributed by atoms with Gasteiger partial charge in [-0.25, -0.2) is 0 Å². The lowest BCUT2D eigenvalue weighted by Gasteiger charge is -2.33. The van der Waals surface area contributed by atoms with Gasteiger partial charge in [0.2, 0.25) is 0 Å². The van der Waals surface area contributed by atoms with Gasteiger partial charge in [-0.3, -0.25) is 4.90 Å². The number of nitrogens with zero attached hydrogens (tertiary/aromatic N) is 2. The predicted molar refractivity (Wildman–Crippen MR) is 195 cm³/mol. The summed E-state index contributed by atoms with van der Waals surface area (Å²) < 4.78 is 52.7. The monoisotopic (exact) mass is 701 g/mol. The van der Waals surface area contributed by atoms with E-state index < -0.39 is 31.1 Å². The van der Waals surface area contributed by atoms with E-state index >= 15 is 0 Å². The number of hydrogen-bond donors (Lipinski definition) is 2. The molecule has 2 rings (SSSR count). The Morgan fingerprint density at radius 1 is 0.796 bits per heavy atom. The van der Waals surface area contributed by atoms with E-state index in [1.165, 1.54) is 116 Å². The van der Waals surface area contributed by atoms with Crippen molar-refractivity contribution in [2.45, 2.75) is 179 Å². The molecule has 6 nitrogen and oxygen atoms in total. The summed E-state index contributed by atoms with van der Waals surface area (Å²) in [4.78, 5) is 4.56. The molecule has 286 valence electrons. The molecule has 0 saturated heterocycles. The largest absolute Gasteiger partial charge is 0.474 e. The SMILES string of the molecule is CCCCCCCCCCCCN(C)CC(Oc1ccc2c(c1)C(CO)OC(O)(C(F)(F)F)CC2)N(C)CCCCCCCCCCCC. The third-order valence-corrected chi connectivity index (χ3v) is 10.1. The van der Waals surface area contributed by atoms with E-state index in [4.69, 9.17) is 9.47 Å². The van der Waals surface area contributed by atoms with Gasteiger partial charge in [-0.15, -0.1) is 0 Å². The summed E-state index contributed by atoms with van der Waals surface area (Å²) in [6.45, 7) is 6.38. The van der Waals surface area contributed by atoms with Gasteiger partial charge in [0, 0.05) is 19.5 Å². The zero-order valence-corrected chi connectivity index (χ0v) is 31.5. The van der Waals surface area contributed by atoms with Crippen molar-refractivity contribution in [1.29, 1.82) is 0 Å². The lowest BCUT2D eigenvalue weighted by atomic mass is 9.98. The van der Waals surface area contributed by atoms with Crippen molar-refractivity contribution in [2.75, 3.05) is 40.3 Å². The molecule has 0 radical (unpaired) electrons. The van der Waals surface area contributed by atoms with E-state index in [1.807, 2.05) is 0 Å².